The van der Waals surface area contributed by atoms with Gasteiger partial charge in [-0.2, -0.15) is 21.4 Å². The number of thiazole rings is 1. The van der Waals surface area contributed by atoms with Crippen molar-refractivity contribution in [2.45, 2.75) is 31.2 Å². The van der Waals surface area contributed by atoms with E-state index in [0.717, 1.165) is 58.0 Å². The highest BCUT2D eigenvalue weighted by Crippen LogP contribution is 2.48. The van der Waals surface area contributed by atoms with Crippen LogP contribution < -0.4 is 9.47 Å². The lowest BCUT2D eigenvalue weighted by Gasteiger charge is -2.20. The Labute approximate surface area is 264 Å². The zero-order valence-electron chi connectivity index (χ0n) is 23.9. The van der Waals surface area contributed by atoms with Gasteiger partial charge in [0.15, 0.2) is 6.54 Å². The summed E-state index contributed by atoms with van der Waals surface area (Å²) in [6.45, 7) is 2.84. The molecule has 2 heterocycles. The Morgan fingerprint density at radius 3 is 2.09 bits per heavy atom. The number of fused-ring (bicyclic) bond motifs is 4. The number of aryl methyl sites for hydroxylation is 1. The Hall–Kier alpha value is -3.26. The fraction of sp³-hybridized carbons (Fsp3) is 0.219. The van der Waals surface area contributed by atoms with E-state index in [9.17, 15) is 25.9 Å². The summed E-state index contributed by atoms with van der Waals surface area (Å²) in [5.74, 6) is -0.641. The number of hydrogen-bond donors (Lipinski definition) is 2. The minimum Gasteiger partial charge on any atom is -0.335 e. The summed E-state index contributed by atoms with van der Waals surface area (Å²) >= 11 is 3.24. The Morgan fingerprint density at radius 1 is 0.841 bits per heavy atom. The summed E-state index contributed by atoms with van der Waals surface area (Å²) in [6.07, 6.45) is 4.69. The Morgan fingerprint density at radius 2 is 1.43 bits per heavy atom. The molecule has 44 heavy (non-hydrogen) atoms. The first kappa shape index (κ1) is 30.8. The van der Waals surface area contributed by atoms with Crippen LogP contribution in [0.3, 0.4) is 0 Å². The monoisotopic (exact) mass is 667 g/mol. The molecule has 12 heteroatoms. The molecule has 0 aliphatic carbocycles. The molecule has 5 aromatic rings. The van der Waals surface area contributed by atoms with Crippen molar-refractivity contribution in [2.24, 2.45) is 0 Å². The lowest BCUT2D eigenvalue weighted by Crippen LogP contribution is -2.36. The van der Waals surface area contributed by atoms with E-state index in [1.165, 1.54) is 0 Å². The predicted molar refractivity (Wildman–Crippen MR) is 180 cm³/mol. The molecule has 1 aromatic heterocycles. The molecule has 8 nitrogen and oxygen atoms in total. The summed E-state index contributed by atoms with van der Waals surface area (Å²) in [5, 5.41) is 6.31. The number of anilines is 1. The molecule has 0 fully saturated rings. The number of thioether (sulfide) groups is 1. The molecule has 228 valence electrons. The molecule has 0 spiro atoms. The van der Waals surface area contributed by atoms with Crippen LogP contribution in [-0.4, -0.2) is 44.0 Å². The number of allylic oxidation sites excluding steroid dienone is 2. The Kier molecular flexibility index (Phi) is 8.57. The van der Waals surface area contributed by atoms with E-state index < -0.39 is 20.2 Å². The van der Waals surface area contributed by atoms with Crippen LogP contribution in [0.2, 0.25) is 0 Å². The molecular weight excluding hydrogens is 637 g/mol. The minimum absolute atomic E-state index is 0.267. The van der Waals surface area contributed by atoms with Crippen molar-refractivity contribution in [1.29, 1.82) is 0 Å². The summed E-state index contributed by atoms with van der Waals surface area (Å²) in [6, 6.07) is 24.7. The van der Waals surface area contributed by atoms with Crippen LogP contribution >= 0.6 is 23.1 Å². The molecule has 0 radical (unpaired) electrons. The molecule has 1 aliphatic heterocycles. The van der Waals surface area contributed by atoms with Crippen molar-refractivity contribution < 1.29 is 30.5 Å². The summed E-state index contributed by atoms with van der Waals surface area (Å²) in [4.78, 5) is 3.18. The van der Waals surface area contributed by atoms with Crippen LogP contribution in [0.1, 0.15) is 24.8 Å². The standard InChI is InChI=1S/C32H30N2O6S4/c1-22(16-31-33(12-6-14-43(35,36)37)27-18-23-8-2-4-10-25(23)20-29(27)41-31)17-32-34(13-7-15-44(38,39)40)28-19-24-9-3-5-11-26(24)21-30(28)42-32/h2-5,8-11,16-21H,6-7,12-15H2,1H3,(H-,35,36,37,38,39,40)/p+1. The van der Waals surface area contributed by atoms with Gasteiger partial charge in [-0.1, -0.05) is 71.6 Å². The van der Waals surface area contributed by atoms with Crippen molar-refractivity contribution in [3.8, 4) is 0 Å². The maximum atomic E-state index is 11.5. The van der Waals surface area contributed by atoms with Crippen molar-refractivity contribution in [1.82, 2.24) is 0 Å². The average molecular weight is 668 g/mol. The van der Waals surface area contributed by atoms with Gasteiger partial charge in [0.25, 0.3) is 25.2 Å². The van der Waals surface area contributed by atoms with Crippen LogP contribution in [0.4, 0.5) is 5.69 Å². The molecule has 0 amide bonds. The van der Waals surface area contributed by atoms with Gasteiger partial charge in [-0.3, -0.25) is 9.11 Å². The van der Waals surface area contributed by atoms with Gasteiger partial charge in [0, 0.05) is 30.0 Å². The van der Waals surface area contributed by atoms with Gasteiger partial charge in [0.05, 0.1) is 22.2 Å². The first-order chi connectivity index (χ1) is 20.9. The normalized spacial score (nSPS) is 15.2. The van der Waals surface area contributed by atoms with Crippen molar-refractivity contribution in [3.05, 3.63) is 94.5 Å². The van der Waals surface area contributed by atoms with Gasteiger partial charge in [-0.15, -0.1) is 0 Å². The molecule has 0 unspecified atom stereocenters. The second kappa shape index (κ2) is 12.3. The van der Waals surface area contributed by atoms with Crippen molar-refractivity contribution >= 4 is 86.9 Å². The van der Waals surface area contributed by atoms with Crippen LogP contribution in [0.25, 0.3) is 37.8 Å². The molecule has 4 aromatic carbocycles. The topological polar surface area (TPSA) is 116 Å². The smallest absolute Gasteiger partial charge is 0.265 e. The number of rotatable bonds is 10. The lowest BCUT2D eigenvalue weighted by atomic mass is 10.1. The van der Waals surface area contributed by atoms with Gasteiger partial charge < -0.3 is 4.90 Å². The van der Waals surface area contributed by atoms with Crippen LogP contribution in [0.15, 0.2) is 94.4 Å². The molecule has 0 bridgehead atoms. The van der Waals surface area contributed by atoms with Crippen LogP contribution in [0, 0.1) is 0 Å². The number of aromatic nitrogens is 1. The van der Waals surface area contributed by atoms with Gasteiger partial charge in [0.2, 0.25) is 5.52 Å². The van der Waals surface area contributed by atoms with Crippen molar-refractivity contribution in [3.63, 3.8) is 0 Å². The summed E-state index contributed by atoms with van der Waals surface area (Å²) < 4.78 is 67.7. The minimum atomic E-state index is -4.08. The zero-order chi connectivity index (χ0) is 31.1. The molecule has 0 atom stereocenters. The van der Waals surface area contributed by atoms with E-state index in [4.69, 9.17) is 0 Å². The third-order valence-corrected chi connectivity index (χ3v) is 11.3. The number of hydrogen-bond acceptors (Lipinski definition) is 7. The maximum absolute atomic E-state index is 11.5. The number of nitrogens with zero attached hydrogens (tertiary/aromatic N) is 2. The maximum Gasteiger partial charge on any atom is 0.265 e. The summed E-state index contributed by atoms with van der Waals surface area (Å²) in [5.41, 5.74) is 2.96. The fourth-order valence-corrected chi connectivity index (χ4v) is 8.94. The predicted octanol–water partition coefficient (Wildman–Crippen LogP) is 6.91. The largest absolute Gasteiger partial charge is 0.335 e. The zero-order valence-corrected chi connectivity index (χ0v) is 27.1. The third-order valence-electron chi connectivity index (χ3n) is 7.47. The Balaban J connectivity index is 1.39. The third kappa shape index (κ3) is 7.01. The van der Waals surface area contributed by atoms with E-state index in [0.29, 0.717) is 13.1 Å². The number of benzene rings is 4. The van der Waals surface area contributed by atoms with E-state index in [1.54, 1.807) is 23.1 Å². The highest BCUT2D eigenvalue weighted by Gasteiger charge is 2.27. The first-order valence-corrected chi connectivity index (χ1v) is 18.9. The molecule has 2 N–H and O–H groups in total. The molecule has 6 rings (SSSR count). The van der Waals surface area contributed by atoms with E-state index in [1.807, 2.05) is 31.2 Å². The second-order valence-electron chi connectivity index (χ2n) is 10.8. The van der Waals surface area contributed by atoms with Gasteiger partial charge in [-0.05, 0) is 64.7 Å². The summed E-state index contributed by atoms with van der Waals surface area (Å²) in [7, 11) is -8.15. The van der Waals surface area contributed by atoms with E-state index >= 15 is 0 Å². The van der Waals surface area contributed by atoms with E-state index in [2.05, 4.69) is 70.1 Å². The first-order valence-electron chi connectivity index (χ1n) is 14.1. The highest BCUT2D eigenvalue weighted by atomic mass is 32.2. The lowest BCUT2D eigenvalue weighted by molar-refractivity contribution is -0.668. The Bertz CT molecular complexity index is 2190. The molecule has 0 saturated carbocycles. The highest BCUT2D eigenvalue weighted by molar-refractivity contribution is 8.03. The SMILES string of the molecule is CC(=Cc1sc2cc3ccccc3cc2[n+]1CCCS(=O)(=O)O)C=C1Sc2cc3ccccc3cc2N1CCCS(=O)(=O)O. The molecule has 0 saturated heterocycles. The van der Waals surface area contributed by atoms with Crippen molar-refractivity contribution in [2.75, 3.05) is 23.0 Å². The van der Waals surface area contributed by atoms with Crippen LogP contribution in [-0.2, 0) is 26.8 Å². The quantitative estimate of drug-likeness (QED) is 0.122. The van der Waals surface area contributed by atoms with Crippen LogP contribution in [0.5, 0.6) is 0 Å². The van der Waals surface area contributed by atoms with Gasteiger partial charge in [0.1, 0.15) is 4.70 Å². The molecular formula is C32H31N2O6S4+. The average Bonchev–Trinajstić information content (AvgIpc) is 3.45. The fourth-order valence-electron chi connectivity index (χ4n) is 5.49. The van der Waals surface area contributed by atoms with Gasteiger partial charge >= 0.3 is 0 Å². The second-order valence-corrected chi connectivity index (χ2v) is 16.1. The van der Waals surface area contributed by atoms with E-state index in [-0.39, 0.29) is 24.3 Å². The van der Waals surface area contributed by atoms with Gasteiger partial charge in [-0.25, -0.2) is 0 Å². The molecule has 1 aliphatic rings.